The van der Waals surface area contributed by atoms with Gasteiger partial charge in [0.2, 0.25) is 0 Å². The smallest absolute Gasteiger partial charge is 0.321 e. The highest BCUT2D eigenvalue weighted by atomic mass is 35.5. The molecule has 0 aromatic heterocycles. The van der Waals surface area contributed by atoms with E-state index < -0.39 is 0 Å². The molecule has 0 saturated carbocycles. The lowest BCUT2D eigenvalue weighted by atomic mass is 9.99. The number of benzene rings is 1. The zero-order valence-electron chi connectivity index (χ0n) is 11.5. The predicted molar refractivity (Wildman–Crippen MR) is 83.7 cm³/mol. The Balaban J connectivity index is 1.88. The maximum absolute atomic E-state index is 12.1. The summed E-state index contributed by atoms with van der Waals surface area (Å²) in [6, 6.07) is 4.93. The van der Waals surface area contributed by atoms with Gasteiger partial charge in [0.1, 0.15) is 0 Å². The molecule has 6 heteroatoms. The molecule has 2 amide bonds. The molecule has 4 nitrogen and oxygen atoms in total. The number of hydrogen-bond acceptors (Lipinski definition) is 2. The van der Waals surface area contributed by atoms with E-state index in [0.717, 1.165) is 26.1 Å². The Morgan fingerprint density at radius 3 is 2.90 bits per heavy atom. The summed E-state index contributed by atoms with van der Waals surface area (Å²) in [5.74, 6) is 0.522. The molecule has 1 aliphatic rings. The van der Waals surface area contributed by atoms with E-state index in [1.54, 1.807) is 23.1 Å². The third-order valence-corrected chi connectivity index (χ3v) is 4.19. The maximum Gasteiger partial charge on any atom is 0.321 e. The summed E-state index contributed by atoms with van der Waals surface area (Å²) in [6.07, 6.45) is 2.34. The van der Waals surface area contributed by atoms with Gasteiger partial charge in [-0.05, 0) is 50.0 Å². The fraction of sp³-hybridized carbons (Fsp3) is 0.500. The van der Waals surface area contributed by atoms with Crippen molar-refractivity contribution in [1.29, 1.82) is 0 Å². The summed E-state index contributed by atoms with van der Waals surface area (Å²) in [4.78, 5) is 13.8. The summed E-state index contributed by atoms with van der Waals surface area (Å²) in [5.41, 5.74) is 0.651. The number of nitrogens with zero attached hydrogens (tertiary/aromatic N) is 1. The minimum Gasteiger partial charge on any atom is -0.327 e. The highest BCUT2D eigenvalue weighted by molar-refractivity contribution is 6.42. The van der Waals surface area contributed by atoms with Crippen molar-refractivity contribution in [3.63, 3.8) is 0 Å². The number of rotatable bonds is 3. The Bertz CT molecular complexity index is 475. The van der Waals surface area contributed by atoms with E-state index in [9.17, 15) is 4.79 Å². The summed E-state index contributed by atoms with van der Waals surface area (Å²) in [7, 11) is 1.81. The first kappa shape index (κ1) is 15.4. The van der Waals surface area contributed by atoms with Gasteiger partial charge in [-0.1, -0.05) is 23.2 Å². The van der Waals surface area contributed by atoms with E-state index in [2.05, 4.69) is 10.6 Å². The average molecular weight is 316 g/mol. The van der Waals surface area contributed by atoms with E-state index in [4.69, 9.17) is 23.2 Å². The molecular formula is C14H19Cl2N3O. The van der Waals surface area contributed by atoms with Gasteiger partial charge < -0.3 is 15.5 Å². The Hall–Kier alpha value is -0.970. The SMILES string of the molecule is CN(CC1CCCNC1)C(=O)Nc1ccc(Cl)c(Cl)c1. The number of carbonyl (C=O) groups is 1. The molecule has 2 N–H and O–H groups in total. The van der Waals surface area contributed by atoms with Crippen LogP contribution in [0, 0.1) is 5.92 Å². The molecule has 20 heavy (non-hydrogen) atoms. The van der Waals surface area contributed by atoms with Gasteiger partial charge in [-0.25, -0.2) is 4.79 Å². The lowest BCUT2D eigenvalue weighted by molar-refractivity contribution is 0.207. The monoisotopic (exact) mass is 315 g/mol. The Morgan fingerprint density at radius 1 is 1.45 bits per heavy atom. The lowest BCUT2D eigenvalue weighted by Gasteiger charge is -2.27. The number of anilines is 1. The van der Waals surface area contributed by atoms with Crippen molar-refractivity contribution in [3.05, 3.63) is 28.2 Å². The first-order chi connectivity index (χ1) is 9.56. The van der Waals surface area contributed by atoms with Crippen molar-refractivity contribution in [2.45, 2.75) is 12.8 Å². The summed E-state index contributed by atoms with van der Waals surface area (Å²) in [6.45, 7) is 2.81. The first-order valence-electron chi connectivity index (χ1n) is 6.74. The fourth-order valence-corrected chi connectivity index (χ4v) is 2.64. The Labute approximate surface area is 129 Å². The topological polar surface area (TPSA) is 44.4 Å². The molecule has 2 rings (SSSR count). The molecule has 1 saturated heterocycles. The standard InChI is InChI=1S/C14H19Cl2N3O/c1-19(9-10-3-2-6-17-8-10)14(20)18-11-4-5-12(15)13(16)7-11/h4-5,7,10,17H,2-3,6,8-9H2,1H3,(H,18,20). The van der Waals surface area contributed by atoms with Crippen molar-refractivity contribution >= 4 is 34.9 Å². The maximum atomic E-state index is 12.1. The van der Waals surface area contributed by atoms with Crippen LogP contribution in [0.5, 0.6) is 0 Å². The molecule has 1 aliphatic heterocycles. The predicted octanol–water partition coefficient (Wildman–Crippen LogP) is 3.46. The molecular weight excluding hydrogens is 297 g/mol. The van der Waals surface area contributed by atoms with E-state index in [1.807, 2.05) is 7.05 Å². The number of piperidine rings is 1. The fourth-order valence-electron chi connectivity index (χ4n) is 2.34. The van der Waals surface area contributed by atoms with Crippen molar-refractivity contribution in [2.24, 2.45) is 5.92 Å². The second-order valence-electron chi connectivity index (χ2n) is 5.15. The van der Waals surface area contributed by atoms with Crippen LogP contribution in [-0.2, 0) is 0 Å². The van der Waals surface area contributed by atoms with Crippen molar-refractivity contribution in [3.8, 4) is 0 Å². The van der Waals surface area contributed by atoms with Crippen molar-refractivity contribution in [1.82, 2.24) is 10.2 Å². The van der Waals surface area contributed by atoms with Crippen LogP contribution in [0.3, 0.4) is 0 Å². The molecule has 0 aliphatic carbocycles. The van der Waals surface area contributed by atoms with Crippen LogP contribution in [0.15, 0.2) is 18.2 Å². The van der Waals surface area contributed by atoms with Crippen LogP contribution in [-0.4, -0.2) is 37.6 Å². The van der Waals surface area contributed by atoms with Gasteiger partial charge >= 0.3 is 6.03 Å². The normalized spacial score (nSPS) is 18.6. The number of carbonyl (C=O) groups excluding carboxylic acids is 1. The summed E-state index contributed by atoms with van der Waals surface area (Å²) < 4.78 is 0. The molecule has 1 heterocycles. The van der Waals surface area contributed by atoms with Gasteiger partial charge in [0, 0.05) is 19.3 Å². The number of amides is 2. The van der Waals surface area contributed by atoms with Crippen LogP contribution in [0.4, 0.5) is 10.5 Å². The molecule has 1 aromatic rings. The Morgan fingerprint density at radius 2 is 2.25 bits per heavy atom. The molecule has 1 aromatic carbocycles. The lowest BCUT2D eigenvalue weighted by Crippen LogP contribution is -2.40. The first-order valence-corrected chi connectivity index (χ1v) is 7.49. The van der Waals surface area contributed by atoms with Gasteiger partial charge in [0.25, 0.3) is 0 Å². The highest BCUT2D eigenvalue weighted by Gasteiger charge is 2.18. The van der Waals surface area contributed by atoms with E-state index in [0.29, 0.717) is 21.7 Å². The van der Waals surface area contributed by atoms with Crippen molar-refractivity contribution < 1.29 is 4.79 Å². The van der Waals surface area contributed by atoms with Gasteiger partial charge in [-0.15, -0.1) is 0 Å². The zero-order valence-corrected chi connectivity index (χ0v) is 13.0. The minimum absolute atomic E-state index is 0.131. The average Bonchev–Trinajstić information content (AvgIpc) is 2.44. The molecule has 1 fully saturated rings. The van der Waals surface area contributed by atoms with Crippen LogP contribution in [0.1, 0.15) is 12.8 Å². The van der Waals surface area contributed by atoms with Crippen LogP contribution < -0.4 is 10.6 Å². The third-order valence-electron chi connectivity index (χ3n) is 3.45. The number of hydrogen-bond donors (Lipinski definition) is 2. The molecule has 1 atom stereocenters. The van der Waals surface area contributed by atoms with E-state index in [-0.39, 0.29) is 6.03 Å². The highest BCUT2D eigenvalue weighted by Crippen LogP contribution is 2.25. The molecule has 1 unspecified atom stereocenters. The van der Waals surface area contributed by atoms with E-state index in [1.165, 1.54) is 6.42 Å². The summed E-state index contributed by atoms with van der Waals surface area (Å²) in [5, 5.41) is 7.09. The second kappa shape index (κ2) is 7.16. The minimum atomic E-state index is -0.131. The van der Waals surface area contributed by atoms with Crippen LogP contribution in [0.2, 0.25) is 10.0 Å². The molecule has 0 bridgehead atoms. The number of halogens is 2. The zero-order chi connectivity index (χ0) is 14.5. The Kier molecular flexibility index (Phi) is 5.52. The van der Waals surface area contributed by atoms with Crippen molar-refractivity contribution in [2.75, 3.05) is 32.0 Å². The van der Waals surface area contributed by atoms with Crippen LogP contribution >= 0.6 is 23.2 Å². The van der Waals surface area contributed by atoms with Gasteiger partial charge in [0.15, 0.2) is 0 Å². The van der Waals surface area contributed by atoms with E-state index >= 15 is 0 Å². The third kappa shape index (κ3) is 4.27. The van der Waals surface area contributed by atoms with Crippen LogP contribution in [0.25, 0.3) is 0 Å². The summed E-state index contributed by atoms with van der Waals surface area (Å²) >= 11 is 11.8. The second-order valence-corrected chi connectivity index (χ2v) is 5.97. The quantitative estimate of drug-likeness (QED) is 0.897. The number of nitrogens with one attached hydrogen (secondary N) is 2. The molecule has 0 spiro atoms. The largest absolute Gasteiger partial charge is 0.327 e. The van der Waals surface area contributed by atoms with Gasteiger partial charge in [-0.3, -0.25) is 0 Å². The number of urea groups is 1. The molecule has 0 radical (unpaired) electrons. The van der Waals surface area contributed by atoms with Gasteiger partial charge in [0.05, 0.1) is 10.0 Å². The van der Waals surface area contributed by atoms with Gasteiger partial charge in [-0.2, -0.15) is 0 Å². The molecule has 110 valence electrons.